The highest BCUT2D eigenvalue weighted by atomic mass is 16.1. The topological polar surface area (TPSA) is 86.4 Å². The number of aliphatic imine (C=N–C) groups is 1. The van der Waals surface area contributed by atoms with Crippen LogP contribution in [-0.4, -0.2) is 16.4 Å². The van der Waals surface area contributed by atoms with Gasteiger partial charge in [0.15, 0.2) is 5.96 Å². The Labute approximate surface area is 140 Å². The fourth-order valence-corrected chi connectivity index (χ4v) is 2.73. The van der Waals surface area contributed by atoms with Crippen molar-refractivity contribution < 1.29 is 4.79 Å². The predicted octanol–water partition coefficient (Wildman–Crippen LogP) is 2.87. The smallest absolute Gasteiger partial charge is 0.282 e. The molecule has 120 valence electrons. The highest BCUT2D eigenvalue weighted by Crippen LogP contribution is 2.29. The minimum Gasteiger partial charge on any atom is -0.370 e. The second kappa shape index (κ2) is 6.42. The van der Waals surface area contributed by atoms with E-state index in [1.54, 1.807) is 0 Å². The minimum atomic E-state index is -0.445. The highest BCUT2D eigenvalue weighted by Gasteiger charge is 2.19. The normalized spacial score (nSPS) is 10.4. The molecule has 0 saturated heterocycles. The largest absolute Gasteiger partial charge is 0.370 e. The molecule has 1 aromatic heterocycles. The zero-order valence-electron chi connectivity index (χ0n) is 13.3. The van der Waals surface area contributed by atoms with Gasteiger partial charge < -0.3 is 16.0 Å². The lowest BCUT2D eigenvalue weighted by atomic mass is 10.1. The van der Waals surface area contributed by atoms with Crippen LogP contribution in [0.3, 0.4) is 0 Å². The van der Waals surface area contributed by atoms with E-state index in [1.165, 1.54) is 0 Å². The van der Waals surface area contributed by atoms with E-state index < -0.39 is 5.91 Å². The SMILES string of the molecule is Cc1c(C(=O)N=C(N)N)cc(-c2ccccc2)n1-c1ccccc1. The van der Waals surface area contributed by atoms with E-state index in [2.05, 4.69) is 4.99 Å². The summed E-state index contributed by atoms with van der Waals surface area (Å²) in [5.74, 6) is -0.688. The maximum Gasteiger partial charge on any atom is 0.282 e. The van der Waals surface area contributed by atoms with Gasteiger partial charge in [0.2, 0.25) is 0 Å². The molecule has 1 amide bonds. The Kier molecular flexibility index (Phi) is 4.16. The van der Waals surface area contributed by atoms with Crippen molar-refractivity contribution in [3.63, 3.8) is 0 Å². The summed E-state index contributed by atoms with van der Waals surface area (Å²) in [6, 6.07) is 21.6. The van der Waals surface area contributed by atoms with Crippen molar-refractivity contribution in [2.24, 2.45) is 16.5 Å². The maximum atomic E-state index is 12.3. The minimum absolute atomic E-state index is 0.242. The van der Waals surface area contributed by atoms with Gasteiger partial charge in [-0.3, -0.25) is 4.79 Å². The molecule has 24 heavy (non-hydrogen) atoms. The molecule has 5 nitrogen and oxygen atoms in total. The molecule has 2 aromatic carbocycles. The quantitative estimate of drug-likeness (QED) is 0.575. The van der Waals surface area contributed by atoms with Crippen molar-refractivity contribution in [1.29, 1.82) is 0 Å². The van der Waals surface area contributed by atoms with Gasteiger partial charge in [-0.2, -0.15) is 4.99 Å². The molecule has 0 atom stereocenters. The molecule has 0 unspecified atom stereocenters. The van der Waals surface area contributed by atoms with E-state index in [1.807, 2.05) is 78.2 Å². The van der Waals surface area contributed by atoms with Crippen molar-refractivity contribution in [2.75, 3.05) is 0 Å². The molecule has 0 aliphatic carbocycles. The lowest BCUT2D eigenvalue weighted by Crippen LogP contribution is -2.24. The van der Waals surface area contributed by atoms with Crippen LogP contribution < -0.4 is 11.5 Å². The van der Waals surface area contributed by atoms with Gasteiger partial charge in [-0.25, -0.2) is 0 Å². The predicted molar refractivity (Wildman–Crippen MR) is 96.1 cm³/mol. The molecule has 0 fully saturated rings. The first kappa shape index (κ1) is 15.6. The van der Waals surface area contributed by atoms with Crippen LogP contribution in [-0.2, 0) is 0 Å². The third-order valence-corrected chi connectivity index (χ3v) is 3.79. The summed E-state index contributed by atoms with van der Waals surface area (Å²) in [7, 11) is 0. The summed E-state index contributed by atoms with van der Waals surface area (Å²) in [6.45, 7) is 1.88. The van der Waals surface area contributed by atoms with Crippen molar-refractivity contribution >= 4 is 11.9 Å². The lowest BCUT2D eigenvalue weighted by Gasteiger charge is -2.12. The third-order valence-electron chi connectivity index (χ3n) is 3.79. The summed E-state index contributed by atoms with van der Waals surface area (Å²) in [6.07, 6.45) is 0. The van der Waals surface area contributed by atoms with E-state index in [4.69, 9.17) is 11.5 Å². The van der Waals surface area contributed by atoms with Crippen LogP contribution in [0.15, 0.2) is 71.7 Å². The number of hydrogen-bond donors (Lipinski definition) is 2. The average molecular weight is 318 g/mol. The molecule has 0 spiro atoms. The number of rotatable bonds is 3. The van der Waals surface area contributed by atoms with Crippen molar-refractivity contribution in [3.8, 4) is 16.9 Å². The number of amides is 1. The molecule has 4 N–H and O–H groups in total. The molecule has 0 aliphatic rings. The van der Waals surface area contributed by atoms with E-state index in [0.29, 0.717) is 5.56 Å². The van der Waals surface area contributed by atoms with Gasteiger partial charge in [0.25, 0.3) is 5.91 Å². The summed E-state index contributed by atoms with van der Waals surface area (Å²) in [5.41, 5.74) is 14.8. The number of carbonyl (C=O) groups is 1. The number of para-hydroxylation sites is 1. The van der Waals surface area contributed by atoms with Crippen LogP contribution in [0.1, 0.15) is 16.1 Å². The standard InChI is InChI=1S/C19H18N4O/c1-13-16(18(24)22-19(20)21)12-17(14-8-4-2-5-9-14)23(13)15-10-6-3-7-11-15/h2-12H,1H3,(H4,20,21,22,24). The maximum absolute atomic E-state index is 12.3. The van der Waals surface area contributed by atoms with Crippen LogP contribution in [0, 0.1) is 6.92 Å². The lowest BCUT2D eigenvalue weighted by molar-refractivity contribution is 0.100. The Hall–Kier alpha value is -3.34. The molecular formula is C19H18N4O. The van der Waals surface area contributed by atoms with Gasteiger partial charge in [0, 0.05) is 11.4 Å². The van der Waals surface area contributed by atoms with E-state index in [0.717, 1.165) is 22.6 Å². The van der Waals surface area contributed by atoms with Gasteiger partial charge in [0.05, 0.1) is 11.3 Å². The van der Waals surface area contributed by atoms with Crippen molar-refractivity contribution in [3.05, 3.63) is 78.0 Å². The molecule has 1 heterocycles. The van der Waals surface area contributed by atoms with Crippen LogP contribution in [0.5, 0.6) is 0 Å². The first-order valence-corrected chi connectivity index (χ1v) is 7.55. The average Bonchev–Trinajstić information content (AvgIpc) is 2.93. The van der Waals surface area contributed by atoms with Gasteiger partial charge in [0.1, 0.15) is 0 Å². The fourth-order valence-electron chi connectivity index (χ4n) is 2.73. The molecule has 5 heteroatoms. The molecule has 3 rings (SSSR count). The second-order valence-electron chi connectivity index (χ2n) is 5.41. The Balaban J connectivity index is 2.24. The zero-order chi connectivity index (χ0) is 17.1. The van der Waals surface area contributed by atoms with E-state index in [-0.39, 0.29) is 5.96 Å². The van der Waals surface area contributed by atoms with E-state index in [9.17, 15) is 4.79 Å². The Bertz CT molecular complexity index is 892. The molecule has 0 radical (unpaired) electrons. The Morgan fingerprint density at radius 3 is 2.12 bits per heavy atom. The number of carbonyl (C=O) groups excluding carboxylic acids is 1. The highest BCUT2D eigenvalue weighted by molar-refractivity contribution is 6.03. The summed E-state index contributed by atoms with van der Waals surface area (Å²) in [5, 5.41) is 0. The first-order valence-electron chi connectivity index (χ1n) is 7.55. The Morgan fingerprint density at radius 2 is 1.54 bits per heavy atom. The zero-order valence-corrected chi connectivity index (χ0v) is 13.3. The van der Waals surface area contributed by atoms with Crippen molar-refractivity contribution in [1.82, 2.24) is 4.57 Å². The number of benzene rings is 2. The summed E-state index contributed by atoms with van der Waals surface area (Å²) in [4.78, 5) is 16.0. The van der Waals surface area contributed by atoms with Crippen LogP contribution in [0.25, 0.3) is 16.9 Å². The number of guanidine groups is 1. The molecule has 3 aromatic rings. The molecular weight excluding hydrogens is 300 g/mol. The molecule has 0 saturated carbocycles. The van der Waals surface area contributed by atoms with Gasteiger partial charge in [-0.1, -0.05) is 48.5 Å². The summed E-state index contributed by atoms with van der Waals surface area (Å²) >= 11 is 0. The van der Waals surface area contributed by atoms with E-state index >= 15 is 0 Å². The fraction of sp³-hybridized carbons (Fsp3) is 0.0526. The van der Waals surface area contributed by atoms with Crippen LogP contribution in [0.2, 0.25) is 0 Å². The van der Waals surface area contributed by atoms with Gasteiger partial charge in [-0.05, 0) is 30.7 Å². The van der Waals surface area contributed by atoms with Gasteiger partial charge in [-0.15, -0.1) is 0 Å². The molecule has 0 bridgehead atoms. The number of nitrogens with two attached hydrogens (primary N) is 2. The Morgan fingerprint density at radius 1 is 0.958 bits per heavy atom. The monoisotopic (exact) mass is 318 g/mol. The number of nitrogens with zero attached hydrogens (tertiary/aromatic N) is 2. The molecule has 0 aliphatic heterocycles. The van der Waals surface area contributed by atoms with Crippen molar-refractivity contribution in [2.45, 2.75) is 6.92 Å². The van der Waals surface area contributed by atoms with Crippen LogP contribution >= 0.6 is 0 Å². The van der Waals surface area contributed by atoms with Crippen LogP contribution in [0.4, 0.5) is 0 Å². The number of aromatic nitrogens is 1. The first-order chi connectivity index (χ1) is 11.6. The number of hydrogen-bond acceptors (Lipinski definition) is 1. The third kappa shape index (κ3) is 2.92. The van der Waals surface area contributed by atoms with Gasteiger partial charge >= 0.3 is 0 Å². The second-order valence-corrected chi connectivity index (χ2v) is 5.41. The summed E-state index contributed by atoms with van der Waals surface area (Å²) < 4.78 is 2.03.